The smallest absolute Gasteiger partial charge is 0.328 e. The number of likely N-dealkylation sites (tertiary alicyclic amines) is 1. The van der Waals surface area contributed by atoms with Crippen LogP contribution in [0.5, 0.6) is 0 Å². The molecule has 1 aliphatic rings. The Labute approximate surface area is 189 Å². The number of halogens is 1. The highest BCUT2D eigenvalue weighted by Crippen LogP contribution is 2.30. The first-order valence-electron chi connectivity index (χ1n) is 9.99. The van der Waals surface area contributed by atoms with Gasteiger partial charge in [0.25, 0.3) is 5.91 Å². The Morgan fingerprint density at radius 3 is 2.71 bits per heavy atom. The van der Waals surface area contributed by atoms with Gasteiger partial charge in [-0.2, -0.15) is 0 Å². The summed E-state index contributed by atoms with van der Waals surface area (Å²) >= 11 is 7.19. The standard InChI is InChI=1S/C20H24ClN5O4S/c1-3-30-19(28)12(2)22-20(29)26-9-7-13(8-10-26)17-24-25-18(31-17)16(27)23-15-6-4-5-14(21)11-15/h4-6,11-13H,3,7-10H2,1-2H3,(H,22,29)(H,23,27)/t12-/m0/s1. The molecule has 31 heavy (non-hydrogen) atoms. The van der Waals surface area contributed by atoms with Gasteiger partial charge in [-0.15, -0.1) is 10.2 Å². The van der Waals surface area contributed by atoms with Gasteiger partial charge in [0.1, 0.15) is 11.0 Å². The molecule has 1 fully saturated rings. The second kappa shape index (κ2) is 10.5. The number of rotatable bonds is 6. The Hall–Kier alpha value is -2.72. The number of carbonyl (C=O) groups is 3. The molecule has 0 unspecified atom stereocenters. The van der Waals surface area contributed by atoms with Crippen LogP contribution in [0.3, 0.4) is 0 Å². The number of carbonyl (C=O) groups excluding carboxylic acids is 3. The van der Waals surface area contributed by atoms with Crippen LogP contribution < -0.4 is 10.6 Å². The normalized spacial score (nSPS) is 15.3. The van der Waals surface area contributed by atoms with E-state index in [9.17, 15) is 14.4 Å². The third-order valence-electron chi connectivity index (χ3n) is 4.83. The van der Waals surface area contributed by atoms with Gasteiger partial charge < -0.3 is 20.3 Å². The zero-order valence-electron chi connectivity index (χ0n) is 17.3. The lowest BCUT2D eigenvalue weighted by Crippen LogP contribution is -2.49. The number of hydrogen-bond acceptors (Lipinski definition) is 7. The number of piperidine rings is 1. The van der Waals surface area contributed by atoms with E-state index in [0.717, 1.165) is 5.01 Å². The number of ether oxygens (including phenoxy) is 1. The lowest BCUT2D eigenvalue weighted by atomic mass is 9.98. The molecule has 2 N–H and O–H groups in total. The van der Waals surface area contributed by atoms with E-state index in [-0.39, 0.29) is 29.5 Å². The predicted molar refractivity (Wildman–Crippen MR) is 117 cm³/mol. The molecule has 2 aromatic rings. The highest BCUT2D eigenvalue weighted by molar-refractivity contribution is 7.13. The van der Waals surface area contributed by atoms with Gasteiger partial charge in [-0.05, 0) is 44.9 Å². The third-order valence-corrected chi connectivity index (χ3v) is 6.15. The molecule has 0 spiro atoms. The maximum atomic E-state index is 12.4. The van der Waals surface area contributed by atoms with Crippen molar-refractivity contribution in [2.24, 2.45) is 0 Å². The SMILES string of the molecule is CCOC(=O)[C@H](C)NC(=O)N1CCC(c2nnc(C(=O)Nc3cccc(Cl)c3)s2)CC1. The van der Waals surface area contributed by atoms with Gasteiger partial charge in [0, 0.05) is 29.7 Å². The van der Waals surface area contributed by atoms with E-state index in [0.29, 0.717) is 36.6 Å². The average Bonchev–Trinajstić information content (AvgIpc) is 3.24. The second-order valence-corrected chi connectivity index (χ2v) is 8.54. The fourth-order valence-corrected chi connectivity index (χ4v) is 4.27. The molecular formula is C20H24ClN5O4S. The first-order valence-corrected chi connectivity index (χ1v) is 11.2. The van der Waals surface area contributed by atoms with Crippen LogP contribution in [0.15, 0.2) is 24.3 Å². The van der Waals surface area contributed by atoms with Crippen molar-refractivity contribution in [3.63, 3.8) is 0 Å². The zero-order chi connectivity index (χ0) is 22.4. The van der Waals surface area contributed by atoms with Crippen LogP contribution in [0.25, 0.3) is 0 Å². The molecule has 1 atom stereocenters. The van der Waals surface area contributed by atoms with Gasteiger partial charge in [0.2, 0.25) is 5.01 Å². The summed E-state index contributed by atoms with van der Waals surface area (Å²) in [6.07, 6.45) is 1.40. The summed E-state index contributed by atoms with van der Waals surface area (Å²) in [4.78, 5) is 38.1. The number of benzene rings is 1. The van der Waals surface area contributed by atoms with Crippen LogP contribution >= 0.6 is 22.9 Å². The van der Waals surface area contributed by atoms with Crippen molar-refractivity contribution < 1.29 is 19.1 Å². The summed E-state index contributed by atoms with van der Waals surface area (Å²) < 4.78 is 4.91. The summed E-state index contributed by atoms with van der Waals surface area (Å²) in [5.41, 5.74) is 0.589. The Balaban J connectivity index is 1.51. The Kier molecular flexibility index (Phi) is 7.80. The van der Waals surface area contributed by atoms with Crippen LogP contribution in [-0.2, 0) is 9.53 Å². The number of amides is 3. The monoisotopic (exact) mass is 465 g/mol. The van der Waals surface area contributed by atoms with E-state index in [2.05, 4.69) is 20.8 Å². The molecule has 1 aromatic carbocycles. The van der Waals surface area contributed by atoms with Gasteiger partial charge in [-0.1, -0.05) is 29.0 Å². The Bertz CT molecular complexity index is 945. The number of esters is 1. The van der Waals surface area contributed by atoms with Gasteiger partial charge in [-0.3, -0.25) is 4.79 Å². The van der Waals surface area contributed by atoms with Crippen LogP contribution in [-0.4, -0.2) is 58.7 Å². The molecule has 166 valence electrons. The molecule has 0 saturated carbocycles. The van der Waals surface area contributed by atoms with E-state index in [1.807, 2.05) is 0 Å². The largest absolute Gasteiger partial charge is 0.464 e. The molecule has 1 saturated heterocycles. The minimum Gasteiger partial charge on any atom is -0.464 e. The van der Waals surface area contributed by atoms with Crippen molar-refractivity contribution in [1.29, 1.82) is 0 Å². The lowest BCUT2D eigenvalue weighted by Gasteiger charge is -2.31. The topological polar surface area (TPSA) is 114 Å². The molecule has 1 aromatic heterocycles. The van der Waals surface area contributed by atoms with E-state index in [1.165, 1.54) is 11.3 Å². The summed E-state index contributed by atoms with van der Waals surface area (Å²) in [6.45, 7) is 4.63. The van der Waals surface area contributed by atoms with Crippen LogP contribution in [0.1, 0.15) is 47.4 Å². The number of hydrogen-bond donors (Lipinski definition) is 2. The van der Waals surface area contributed by atoms with Gasteiger partial charge in [0.15, 0.2) is 0 Å². The molecule has 0 radical (unpaired) electrons. The molecule has 0 bridgehead atoms. The van der Waals surface area contributed by atoms with Crippen LogP contribution in [0, 0.1) is 0 Å². The number of aromatic nitrogens is 2. The fraction of sp³-hybridized carbons (Fsp3) is 0.450. The molecule has 2 heterocycles. The number of anilines is 1. The summed E-state index contributed by atoms with van der Waals surface area (Å²) in [6, 6.07) is 5.89. The average molecular weight is 466 g/mol. The minimum absolute atomic E-state index is 0.122. The molecule has 3 amide bonds. The first kappa shape index (κ1) is 23.0. The van der Waals surface area contributed by atoms with Crippen LogP contribution in [0.4, 0.5) is 10.5 Å². The van der Waals surface area contributed by atoms with Gasteiger partial charge in [-0.25, -0.2) is 9.59 Å². The molecule has 11 heteroatoms. The maximum Gasteiger partial charge on any atom is 0.328 e. The quantitative estimate of drug-likeness (QED) is 0.633. The molecule has 3 rings (SSSR count). The van der Waals surface area contributed by atoms with Crippen molar-refractivity contribution in [3.05, 3.63) is 39.3 Å². The highest BCUT2D eigenvalue weighted by atomic mass is 35.5. The molecular weight excluding hydrogens is 442 g/mol. The molecule has 9 nitrogen and oxygen atoms in total. The van der Waals surface area contributed by atoms with Crippen molar-refractivity contribution in [2.45, 2.75) is 38.6 Å². The fourth-order valence-electron chi connectivity index (χ4n) is 3.17. The Morgan fingerprint density at radius 2 is 2.03 bits per heavy atom. The van der Waals surface area contributed by atoms with E-state index in [4.69, 9.17) is 16.3 Å². The van der Waals surface area contributed by atoms with Crippen molar-refractivity contribution in [3.8, 4) is 0 Å². The predicted octanol–water partition coefficient (Wildman–Crippen LogP) is 3.28. The zero-order valence-corrected chi connectivity index (χ0v) is 18.8. The van der Waals surface area contributed by atoms with Crippen molar-refractivity contribution in [2.75, 3.05) is 25.0 Å². The summed E-state index contributed by atoms with van der Waals surface area (Å²) in [5, 5.41) is 15.2. The van der Waals surface area contributed by atoms with Crippen molar-refractivity contribution in [1.82, 2.24) is 20.4 Å². The van der Waals surface area contributed by atoms with Gasteiger partial charge >= 0.3 is 12.0 Å². The minimum atomic E-state index is -0.700. The lowest BCUT2D eigenvalue weighted by molar-refractivity contribution is -0.144. The summed E-state index contributed by atoms with van der Waals surface area (Å²) in [7, 11) is 0. The van der Waals surface area contributed by atoms with E-state index < -0.39 is 12.0 Å². The number of urea groups is 1. The summed E-state index contributed by atoms with van der Waals surface area (Å²) in [5.74, 6) is -0.671. The molecule has 0 aliphatic carbocycles. The highest BCUT2D eigenvalue weighted by Gasteiger charge is 2.28. The second-order valence-electron chi connectivity index (χ2n) is 7.09. The number of nitrogens with zero attached hydrogens (tertiary/aromatic N) is 3. The van der Waals surface area contributed by atoms with Gasteiger partial charge in [0.05, 0.1) is 6.61 Å². The van der Waals surface area contributed by atoms with Crippen molar-refractivity contribution >= 4 is 46.5 Å². The number of nitrogens with one attached hydrogen (secondary N) is 2. The maximum absolute atomic E-state index is 12.4. The van der Waals surface area contributed by atoms with E-state index >= 15 is 0 Å². The van der Waals surface area contributed by atoms with Crippen LogP contribution in [0.2, 0.25) is 5.02 Å². The first-order chi connectivity index (χ1) is 14.9. The molecule has 1 aliphatic heterocycles. The van der Waals surface area contributed by atoms with E-state index in [1.54, 1.807) is 43.0 Å². The Morgan fingerprint density at radius 1 is 1.29 bits per heavy atom. The third kappa shape index (κ3) is 6.14.